The lowest BCUT2D eigenvalue weighted by molar-refractivity contribution is 0.210. The summed E-state index contributed by atoms with van der Waals surface area (Å²) in [6.07, 6.45) is 1.10. The molecule has 2 heterocycles. The van der Waals surface area contributed by atoms with Gasteiger partial charge >= 0.3 is 0 Å². The Balaban J connectivity index is 1.75. The van der Waals surface area contributed by atoms with E-state index in [1.807, 2.05) is 0 Å². The fourth-order valence-corrected chi connectivity index (χ4v) is 3.79. The largest absolute Gasteiger partial charge is 0.316 e. The number of benzene rings is 1. The van der Waals surface area contributed by atoms with Crippen molar-refractivity contribution in [2.24, 2.45) is 11.8 Å². The van der Waals surface area contributed by atoms with E-state index < -0.39 is 11.6 Å². The molecule has 0 spiro atoms. The molecule has 0 bridgehead atoms. The summed E-state index contributed by atoms with van der Waals surface area (Å²) in [5, 5.41) is 3.44. The van der Waals surface area contributed by atoms with Crippen LogP contribution < -0.4 is 5.32 Å². The number of hydrogen-bond acceptors (Lipinski definition) is 2. The van der Waals surface area contributed by atoms with Gasteiger partial charge in [-0.05, 0) is 49.0 Å². The van der Waals surface area contributed by atoms with E-state index in [0.29, 0.717) is 24.4 Å². The molecule has 0 saturated carbocycles. The maximum atomic E-state index is 13.2. The van der Waals surface area contributed by atoms with Gasteiger partial charge in [-0.3, -0.25) is 4.90 Å². The molecule has 2 fully saturated rings. The fourth-order valence-electron chi connectivity index (χ4n) is 3.79. The highest BCUT2D eigenvalue weighted by molar-refractivity contribution is 5.18. The van der Waals surface area contributed by atoms with Gasteiger partial charge in [0.05, 0.1) is 0 Å². The molecule has 1 aromatic carbocycles. The van der Waals surface area contributed by atoms with Crippen LogP contribution in [0.2, 0.25) is 0 Å². The fraction of sp³-hybridized carbons (Fsp3) is 0.600. The van der Waals surface area contributed by atoms with E-state index in [4.69, 9.17) is 0 Å². The molecular weight excluding hydrogens is 246 g/mol. The molecule has 1 N–H and O–H groups in total. The number of rotatable bonds is 3. The van der Waals surface area contributed by atoms with Crippen molar-refractivity contribution in [3.8, 4) is 0 Å². The summed E-state index contributed by atoms with van der Waals surface area (Å²) in [5.41, 5.74) is 0.740. The van der Waals surface area contributed by atoms with Crippen molar-refractivity contribution < 1.29 is 8.78 Å². The minimum atomic E-state index is -0.482. The molecule has 104 valence electrons. The maximum Gasteiger partial charge on any atom is 0.126 e. The Labute approximate surface area is 112 Å². The number of nitrogens with zero attached hydrogens (tertiary/aromatic N) is 1. The Morgan fingerprint density at radius 1 is 1.21 bits per heavy atom. The van der Waals surface area contributed by atoms with Gasteiger partial charge in [0.25, 0.3) is 0 Å². The van der Waals surface area contributed by atoms with Gasteiger partial charge in [0.1, 0.15) is 11.6 Å². The summed E-state index contributed by atoms with van der Waals surface area (Å²) in [4.78, 5) is 2.39. The highest BCUT2D eigenvalue weighted by atomic mass is 19.1. The molecule has 2 saturated heterocycles. The van der Waals surface area contributed by atoms with E-state index in [2.05, 4.69) is 17.1 Å². The van der Waals surface area contributed by atoms with Crippen LogP contribution in [-0.2, 0) is 6.54 Å². The van der Waals surface area contributed by atoms with Gasteiger partial charge < -0.3 is 5.32 Å². The topological polar surface area (TPSA) is 15.3 Å². The van der Waals surface area contributed by atoms with Gasteiger partial charge in [0, 0.05) is 25.2 Å². The summed E-state index contributed by atoms with van der Waals surface area (Å²) in [6, 6.07) is 4.36. The van der Waals surface area contributed by atoms with Gasteiger partial charge in [-0.1, -0.05) is 6.92 Å². The Bertz CT molecular complexity index is 443. The molecule has 2 aliphatic heterocycles. The highest BCUT2D eigenvalue weighted by Gasteiger charge is 2.42. The number of hydrogen-bond donors (Lipinski definition) is 1. The summed E-state index contributed by atoms with van der Waals surface area (Å²) in [6.45, 7) is 6.05. The van der Waals surface area contributed by atoms with Crippen LogP contribution in [0, 0.1) is 23.5 Å². The van der Waals surface area contributed by atoms with Crippen LogP contribution >= 0.6 is 0 Å². The quantitative estimate of drug-likeness (QED) is 0.903. The first kappa shape index (κ1) is 13.0. The van der Waals surface area contributed by atoms with E-state index in [1.54, 1.807) is 0 Å². The number of nitrogens with one attached hydrogen (secondary N) is 1. The average molecular weight is 266 g/mol. The van der Waals surface area contributed by atoms with Crippen LogP contribution in [0.25, 0.3) is 0 Å². The number of fused-ring (bicyclic) bond motifs is 1. The number of likely N-dealkylation sites (tertiary alicyclic amines) is 1. The molecule has 3 atom stereocenters. The zero-order valence-electron chi connectivity index (χ0n) is 11.2. The highest BCUT2D eigenvalue weighted by Crippen LogP contribution is 2.35. The van der Waals surface area contributed by atoms with Gasteiger partial charge in [-0.25, -0.2) is 8.78 Å². The molecular formula is C15H20F2N2. The smallest absolute Gasteiger partial charge is 0.126 e. The predicted octanol–water partition coefficient (Wildman–Crippen LogP) is 2.39. The zero-order valence-corrected chi connectivity index (χ0v) is 11.2. The van der Waals surface area contributed by atoms with Crippen molar-refractivity contribution in [2.45, 2.75) is 25.9 Å². The minimum Gasteiger partial charge on any atom is -0.316 e. The molecule has 0 radical (unpaired) electrons. The van der Waals surface area contributed by atoms with Gasteiger partial charge in [0.15, 0.2) is 0 Å². The van der Waals surface area contributed by atoms with Crippen molar-refractivity contribution in [1.29, 1.82) is 0 Å². The Kier molecular flexibility index (Phi) is 3.54. The van der Waals surface area contributed by atoms with E-state index in [0.717, 1.165) is 37.7 Å². The van der Waals surface area contributed by atoms with Gasteiger partial charge in [-0.2, -0.15) is 0 Å². The predicted molar refractivity (Wildman–Crippen MR) is 70.7 cm³/mol. The molecule has 2 nitrogen and oxygen atoms in total. The van der Waals surface area contributed by atoms with Crippen LogP contribution in [0.15, 0.2) is 18.2 Å². The summed E-state index contributed by atoms with van der Waals surface area (Å²) in [7, 11) is 0. The van der Waals surface area contributed by atoms with E-state index >= 15 is 0 Å². The Hall–Kier alpha value is -1.00. The lowest BCUT2D eigenvalue weighted by Crippen LogP contribution is -2.34. The first-order valence-corrected chi connectivity index (χ1v) is 7.07. The zero-order chi connectivity index (χ0) is 13.4. The molecule has 3 unspecified atom stereocenters. The second-order valence-electron chi connectivity index (χ2n) is 5.76. The van der Waals surface area contributed by atoms with E-state index in [-0.39, 0.29) is 0 Å². The first-order valence-electron chi connectivity index (χ1n) is 7.07. The normalized spacial score (nSPS) is 30.8. The molecule has 4 heteroatoms. The van der Waals surface area contributed by atoms with Crippen LogP contribution in [0.3, 0.4) is 0 Å². The van der Waals surface area contributed by atoms with Crippen molar-refractivity contribution in [3.05, 3.63) is 35.4 Å². The SMILES string of the molecule is CCC1C2CNCC2CN1Cc1cc(F)cc(F)c1. The first-order chi connectivity index (χ1) is 9.17. The van der Waals surface area contributed by atoms with Crippen LogP contribution in [0.4, 0.5) is 8.78 Å². The van der Waals surface area contributed by atoms with Crippen LogP contribution in [0.1, 0.15) is 18.9 Å². The monoisotopic (exact) mass is 266 g/mol. The van der Waals surface area contributed by atoms with Gasteiger partial charge in [-0.15, -0.1) is 0 Å². The molecule has 0 aromatic heterocycles. The molecule has 0 amide bonds. The third-order valence-corrected chi connectivity index (χ3v) is 4.55. The molecule has 0 aliphatic carbocycles. The third-order valence-electron chi connectivity index (χ3n) is 4.55. The van der Waals surface area contributed by atoms with Crippen molar-refractivity contribution >= 4 is 0 Å². The van der Waals surface area contributed by atoms with Crippen LogP contribution in [-0.4, -0.2) is 30.6 Å². The minimum absolute atomic E-state index is 0.482. The molecule has 1 aromatic rings. The maximum absolute atomic E-state index is 13.2. The second kappa shape index (κ2) is 5.17. The second-order valence-corrected chi connectivity index (χ2v) is 5.76. The summed E-state index contributed by atoms with van der Waals surface area (Å²) >= 11 is 0. The molecule has 19 heavy (non-hydrogen) atoms. The van der Waals surface area contributed by atoms with Crippen molar-refractivity contribution in [3.63, 3.8) is 0 Å². The lowest BCUT2D eigenvalue weighted by Gasteiger charge is -2.26. The Morgan fingerprint density at radius 3 is 2.63 bits per heavy atom. The Morgan fingerprint density at radius 2 is 1.95 bits per heavy atom. The van der Waals surface area contributed by atoms with Crippen LogP contribution in [0.5, 0.6) is 0 Å². The van der Waals surface area contributed by atoms with Gasteiger partial charge in [0.2, 0.25) is 0 Å². The third kappa shape index (κ3) is 2.51. The lowest BCUT2D eigenvalue weighted by atomic mass is 9.93. The summed E-state index contributed by atoms with van der Waals surface area (Å²) < 4.78 is 26.5. The molecule has 2 aliphatic rings. The summed E-state index contributed by atoms with van der Waals surface area (Å²) in [5.74, 6) is 0.431. The molecule has 3 rings (SSSR count). The standard InChI is InChI=1S/C15H20F2N2/c1-2-15-14-7-18-6-11(14)9-19(15)8-10-3-12(16)5-13(17)4-10/h3-5,11,14-15,18H,2,6-9H2,1H3. The van der Waals surface area contributed by atoms with Crippen molar-refractivity contribution in [2.75, 3.05) is 19.6 Å². The van der Waals surface area contributed by atoms with Crippen molar-refractivity contribution in [1.82, 2.24) is 10.2 Å². The van der Waals surface area contributed by atoms with E-state index in [9.17, 15) is 8.78 Å². The average Bonchev–Trinajstić information content (AvgIpc) is 2.87. The van der Waals surface area contributed by atoms with E-state index in [1.165, 1.54) is 12.1 Å². The number of halogens is 2.